The summed E-state index contributed by atoms with van der Waals surface area (Å²) in [6.45, 7) is 2.42. The minimum Gasteiger partial charge on any atom is -0.469 e. The molecule has 0 radical (unpaired) electrons. The number of urea groups is 1. The Morgan fingerprint density at radius 2 is 1.88 bits per heavy atom. The lowest BCUT2D eigenvalue weighted by Crippen LogP contribution is -2.28. The molecular formula is C12H16N2O3. The van der Waals surface area contributed by atoms with E-state index in [1.807, 2.05) is 6.92 Å². The number of hydrogen-bond donors (Lipinski definition) is 2. The summed E-state index contributed by atoms with van der Waals surface area (Å²) in [6.07, 6.45) is 0.234. The first kappa shape index (κ1) is 13.0. The van der Waals surface area contributed by atoms with Crippen LogP contribution in [0, 0.1) is 0 Å². The Bertz CT molecular complexity index is 387. The number of rotatable bonds is 4. The molecule has 0 aliphatic rings. The fourth-order valence-corrected chi connectivity index (χ4v) is 1.28. The molecule has 17 heavy (non-hydrogen) atoms. The van der Waals surface area contributed by atoms with E-state index in [1.54, 1.807) is 24.3 Å². The smallest absolute Gasteiger partial charge is 0.319 e. The Kier molecular flexibility index (Phi) is 5.00. The maximum absolute atomic E-state index is 11.2. The number of hydrogen-bond acceptors (Lipinski definition) is 3. The number of ether oxygens (including phenoxy) is 1. The van der Waals surface area contributed by atoms with E-state index in [0.29, 0.717) is 12.2 Å². The number of nitrogens with one attached hydrogen (secondary N) is 2. The molecule has 2 amide bonds. The second-order valence-electron chi connectivity index (χ2n) is 3.43. The third-order valence-corrected chi connectivity index (χ3v) is 2.13. The highest BCUT2D eigenvalue weighted by atomic mass is 16.5. The van der Waals surface area contributed by atoms with Gasteiger partial charge in [0.05, 0.1) is 13.5 Å². The van der Waals surface area contributed by atoms with E-state index in [0.717, 1.165) is 5.56 Å². The van der Waals surface area contributed by atoms with E-state index in [-0.39, 0.29) is 18.4 Å². The third-order valence-electron chi connectivity index (χ3n) is 2.13. The van der Waals surface area contributed by atoms with Crippen LogP contribution < -0.4 is 10.6 Å². The maximum Gasteiger partial charge on any atom is 0.319 e. The molecule has 92 valence electrons. The van der Waals surface area contributed by atoms with Crippen LogP contribution in [-0.4, -0.2) is 25.7 Å². The fraction of sp³-hybridized carbons (Fsp3) is 0.333. The van der Waals surface area contributed by atoms with E-state index in [9.17, 15) is 9.59 Å². The van der Waals surface area contributed by atoms with Crippen LogP contribution >= 0.6 is 0 Å². The number of esters is 1. The summed E-state index contributed by atoms with van der Waals surface area (Å²) in [5, 5.41) is 5.30. The second-order valence-corrected chi connectivity index (χ2v) is 3.43. The van der Waals surface area contributed by atoms with Gasteiger partial charge in [-0.05, 0) is 24.6 Å². The molecule has 0 aliphatic carbocycles. The Balaban J connectivity index is 2.55. The number of carbonyl (C=O) groups excluding carboxylic acids is 2. The average molecular weight is 236 g/mol. The number of benzene rings is 1. The largest absolute Gasteiger partial charge is 0.469 e. The fourth-order valence-electron chi connectivity index (χ4n) is 1.28. The number of methoxy groups -OCH3 is 1. The summed E-state index contributed by atoms with van der Waals surface area (Å²) in [5.41, 5.74) is 1.53. The van der Waals surface area contributed by atoms with Gasteiger partial charge < -0.3 is 15.4 Å². The van der Waals surface area contributed by atoms with Crippen molar-refractivity contribution in [3.05, 3.63) is 29.8 Å². The van der Waals surface area contributed by atoms with Crippen LogP contribution in [0.3, 0.4) is 0 Å². The molecule has 1 rings (SSSR count). The summed E-state index contributed by atoms with van der Waals surface area (Å²) < 4.78 is 4.56. The monoisotopic (exact) mass is 236 g/mol. The Labute approximate surface area is 100 Å². The van der Waals surface area contributed by atoms with Crippen molar-refractivity contribution in [3.63, 3.8) is 0 Å². The quantitative estimate of drug-likeness (QED) is 0.779. The summed E-state index contributed by atoms with van der Waals surface area (Å²) in [4.78, 5) is 22.3. The average Bonchev–Trinajstić information content (AvgIpc) is 2.32. The third kappa shape index (κ3) is 4.55. The molecule has 0 fully saturated rings. The lowest BCUT2D eigenvalue weighted by atomic mass is 10.1. The molecule has 1 aromatic rings. The molecule has 0 unspecified atom stereocenters. The van der Waals surface area contributed by atoms with Gasteiger partial charge in [-0.25, -0.2) is 4.79 Å². The first-order valence-electron chi connectivity index (χ1n) is 5.36. The first-order valence-corrected chi connectivity index (χ1v) is 5.36. The van der Waals surface area contributed by atoms with Gasteiger partial charge in [-0.3, -0.25) is 4.79 Å². The molecule has 2 N–H and O–H groups in total. The van der Waals surface area contributed by atoms with E-state index in [2.05, 4.69) is 15.4 Å². The molecule has 0 saturated heterocycles. The van der Waals surface area contributed by atoms with Crippen molar-refractivity contribution in [1.29, 1.82) is 0 Å². The molecule has 0 atom stereocenters. The minimum atomic E-state index is -0.283. The van der Waals surface area contributed by atoms with Crippen molar-refractivity contribution in [1.82, 2.24) is 5.32 Å². The normalized spacial score (nSPS) is 9.53. The molecule has 0 aromatic heterocycles. The highest BCUT2D eigenvalue weighted by Gasteiger charge is 2.03. The van der Waals surface area contributed by atoms with Crippen molar-refractivity contribution in [3.8, 4) is 0 Å². The zero-order chi connectivity index (χ0) is 12.7. The van der Waals surface area contributed by atoms with Crippen LogP contribution in [0.25, 0.3) is 0 Å². The molecule has 0 bridgehead atoms. The zero-order valence-corrected chi connectivity index (χ0v) is 9.95. The summed E-state index contributed by atoms with van der Waals surface area (Å²) >= 11 is 0. The summed E-state index contributed by atoms with van der Waals surface area (Å²) in [7, 11) is 1.35. The van der Waals surface area contributed by atoms with Crippen molar-refractivity contribution in [2.45, 2.75) is 13.3 Å². The summed E-state index contributed by atoms with van der Waals surface area (Å²) in [6, 6.07) is 6.80. The van der Waals surface area contributed by atoms with Crippen LogP contribution in [0.4, 0.5) is 10.5 Å². The van der Waals surface area contributed by atoms with Crippen molar-refractivity contribution in [2.24, 2.45) is 0 Å². The molecule has 0 heterocycles. The van der Waals surface area contributed by atoms with Gasteiger partial charge in [-0.15, -0.1) is 0 Å². The maximum atomic E-state index is 11.2. The van der Waals surface area contributed by atoms with Gasteiger partial charge >= 0.3 is 12.0 Å². The van der Waals surface area contributed by atoms with Crippen molar-refractivity contribution in [2.75, 3.05) is 19.0 Å². The standard InChI is InChI=1S/C12H16N2O3/c1-3-13-12(16)14-10-6-4-9(5-7-10)8-11(15)17-2/h4-7H,3,8H2,1-2H3,(H2,13,14,16). The van der Waals surface area contributed by atoms with Gasteiger partial charge in [0.1, 0.15) is 0 Å². The van der Waals surface area contributed by atoms with E-state index < -0.39 is 0 Å². The van der Waals surface area contributed by atoms with Gasteiger partial charge in [0.2, 0.25) is 0 Å². The molecule has 5 nitrogen and oxygen atoms in total. The topological polar surface area (TPSA) is 67.4 Å². The Morgan fingerprint density at radius 1 is 1.24 bits per heavy atom. The Morgan fingerprint density at radius 3 is 2.41 bits per heavy atom. The Hall–Kier alpha value is -2.04. The highest BCUT2D eigenvalue weighted by Crippen LogP contribution is 2.10. The van der Waals surface area contributed by atoms with Gasteiger partial charge in [-0.2, -0.15) is 0 Å². The van der Waals surface area contributed by atoms with Gasteiger partial charge in [0.15, 0.2) is 0 Å². The van der Waals surface area contributed by atoms with Crippen LogP contribution in [0.15, 0.2) is 24.3 Å². The zero-order valence-electron chi connectivity index (χ0n) is 9.95. The van der Waals surface area contributed by atoms with E-state index in [4.69, 9.17) is 0 Å². The minimum absolute atomic E-state index is 0.234. The molecular weight excluding hydrogens is 220 g/mol. The van der Waals surface area contributed by atoms with Crippen LogP contribution in [0.5, 0.6) is 0 Å². The number of anilines is 1. The van der Waals surface area contributed by atoms with E-state index >= 15 is 0 Å². The molecule has 0 aliphatic heterocycles. The lowest BCUT2D eigenvalue weighted by molar-refractivity contribution is -0.139. The van der Waals surface area contributed by atoms with E-state index in [1.165, 1.54) is 7.11 Å². The van der Waals surface area contributed by atoms with Crippen LogP contribution in [-0.2, 0) is 16.0 Å². The second kappa shape index (κ2) is 6.52. The van der Waals surface area contributed by atoms with Crippen molar-refractivity contribution >= 4 is 17.7 Å². The van der Waals surface area contributed by atoms with Crippen molar-refractivity contribution < 1.29 is 14.3 Å². The van der Waals surface area contributed by atoms with Gasteiger partial charge in [-0.1, -0.05) is 12.1 Å². The molecule has 1 aromatic carbocycles. The summed E-state index contributed by atoms with van der Waals surface area (Å²) in [5.74, 6) is -0.283. The number of amides is 2. The first-order chi connectivity index (χ1) is 8.15. The van der Waals surface area contributed by atoms with Crippen LogP contribution in [0.2, 0.25) is 0 Å². The highest BCUT2D eigenvalue weighted by molar-refractivity contribution is 5.89. The number of carbonyl (C=O) groups is 2. The predicted molar refractivity (Wildman–Crippen MR) is 64.9 cm³/mol. The van der Waals surface area contributed by atoms with Gasteiger partial charge in [0, 0.05) is 12.2 Å². The predicted octanol–water partition coefficient (Wildman–Crippen LogP) is 1.54. The molecule has 0 spiro atoms. The molecule has 5 heteroatoms. The lowest BCUT2D eigenvalue weighted by Gasteiger charge is -2.06. The van der Waals surface area contributed by atoms with Crippen LogP contribution in [0.1, 0.15) is 12.5 Å². The molecule has 0 saturated carbocycles. The van der Waals surface area contributed by atoms with Gasteiger partial charge in [0.25, 0.3) is 0 Å². The SMILES string of the molecule is CCNC(=O)Nc1ccc(CC(=O)OC)cc1.